The van der Waals surface area contributed by atoms with Gasteiger partial charge in [-0.25, -0.2) is 0 Å². The molecule has 27 heavy (non-hydrogen) atoms. The molecule has 0 radical (unpaired) electrons. The van der Waals surface area contributed by atoms with E-state index in [0.29, 0.717) is 13.1 Å². The van der Waals surface area contributed by atoms with Gasteiger partial charge in [-0.3, -0.25) is 4.79 Å². The Morgan fingerprint density at radius 3 is 2.74 bits per heavy atom. The molecule has 0 N–H and O–H groups in total. The molecule has 0 saturated carbocycles. The number of aromatic nitrogens is 2. The van der Waals surface area contributed by atoms with Crippen LogP contribution in [0.2, 0.25) is 0 Å². The molecule has 2 aliphatic rings. The minimum Gasteiger partial charge on any atom is -0.480 e. The van der Waals surface area contributed by atoms with Crippen LogP contribution >= 0.6 is 0 Å². The highest BCUT2D eigenvalue weighted by Crippen LogP contribution is 2.28. The van der Waals surface area contributed by atoms with Gasteiger partial charge in [0.1, 0.15) is 5.75 Å². The maximum Gasteiger partial charge on any atom is 0.263 e. The number of amides is 1. The van der Waals surface area contributed by atoms with Crippen LogP contribution in [0.5, 0.6) is 5.75 Å². The number of aryl methyl sites for hydroxylation is 1. The molecule has 3 heterocycles. The highest BCUT2D eigenvalue weighted by atomic mass is 16.5. The van der Waals surface area contributed by atoms with E-state index in [2.05, 4.69) is 21.2 Å². The van der Waals surface area contributed by atoms with Gasteiger partial charge < -0.3 is 19.4 Å². The van der Waals surface area contributed by atoms with Crippen LogP contribution in [0, 0.1) is 0 Å². The zero-order valence-corrected chi connectivity index (χ0v) is 15.8. The predicted octanol–water partition coefficient (Wildman–Crippen LogP) is 1.58. The Bertz CT molecular complexity index is 818. The van der Waals surface area contributed by atoms with Crippen molar-refractivity contribution in [3.8, 4) is 5.75 Å². The van der Waals surface area contributed by atoms with Crippen LogP contribution in [-0.4, -0.2) is 67.4 Å². The molecule has 1 atom stereocenters. The predicted molar refractivity (Wildman–Crippen MR) is 104 cm³/mol. The minimum absolute atomic E-state index is 0.0947. The van der Waals surface area contributed by atoms with E-state index in [-0.39, 0.29) is 12.0 Å². The maximum absolute atomic E-state index is 12.9. The highest BCUT2D eigenvalue weighted by molar-refractivity contribution is 5.82. The molecule has 1 amide bonds. The molecule has 1 aromatic carbocycles. The van der Waals surface area contributed by atoms with Crippen molar-refractivity contribution in [3.63, 3.8) is 0 Å². The van der Waals surface area contributed by atoms with E-state index < -0.39 is 0 Å². The summed E-state index contributed by atoms with van der Waals surface area (Å²) in [6.07, 6.45) is 3.01. The zero-order chi connectivity index (χ0) is 18.8. The number of anilines is 2. The Labute approximate surface area is 159 Å². The Kier molecular flexibility index (Phi) is 4.83. The summed E-state index contributed by atoms with van der Waals surface area (Å²) in [7, 11) is 3.97. The molecular formula is C20H25N5O2. The summed E-state index contributed by atoms with van der Waals surface area (Å²) in [5.74, 6) is 1.80. The number of piperazine rings is 1. The lowest BCUT2D eigenvalue weighted by atomic mass is 10.0. The molecule has 0 aliphatic carbocycles. The number of hydrogen-bond donors (Lipinski definition) is 0. The normalized spacial score (nSPS) is 19.3. The number of carbonyl (C=O) groups is 1. The Balaban J connectivity index is 1.37. The van der Waals surface area contributed by atoms with E-state index in [4.69, 9.17) is 4.74 Å². The second kappa shape index (κ2) is 7.42. The quantitative estimate of drug-likeness (QED) is 0.821. The van der Waals surface area contributed by atoms with Gasteiger partial charge in [0.05, 0.1) is 11.9 Å². The molecule has 1 unspecified atom stereocenters. The van der Waals surface area contributed by atoms with Gasteiger partial charge in [0.25, 0.3) is 5.91 Å². The zero-order valence-electron chi connectivity index (χ0n) is 15.8. The van der Waals surface area contributed by atoms with E-state index in [1.54, 1.807) is 6.20 Å². The fraction of sp³-hybridized carbons (Fsp3) is 0.450. The summed E-state index contributed by atoms with van der Waals surface area (Å²) in [5, 5.41) is 8.35. The monoisotopic (exact) mass is 367 g/mol. The fourth-order valence-corrected chi connectivity index (χ4v) is 3.60. The van der Waals surface area contributed by atoms with Crippen molar-refractivity contribution in [3.05, 3.63) is 42.1 Å². The van der Waals surface area contributed by atoms with Gasteiger partial charge in [-0.05, 0) is 24.5 Å². The average Bonchev–Trinajstić information content (AvgIpc) is 2.73. The summed E-state index contributed by atoms with van der Waals surface area (Å²) in [6.45, 7) is 2.85. The van der Waals surface area contributed by atoms with E-state index in [9.17, 15) is 4.79 Å². The molecule has 1 fully saturated rings. The average molecular weight is 367 g/mol. The molecule has 7 nitrogen and oxygen atoms in total. The molecule has 1 aromatic heterocycles. The van der Waals surface area contributed by atoms with Crippen molar-refractivity contribution in [1.29, 1.82) is 0 Å². The lowest BCUT2D eigenvalue weighted by Gasteiger charge is -2.37. The summed E-state index contributed by atoms with van der Waals surface area (Å²) < 4.78 is 5.97. The SMILES string of the molecule is CN(C)c1cnnc(N2CCN(C(=O)C3CCc4ccccc4O3)CC2)c1. The number of hydrogen-bond acceptors (Lipinski definition) is 6. The van der Waals surface area contributed by atoms with Crippen molar-refractivity contribution >= 4 is 17.4 Å². The van der Waals surface area contributed by atoms with Crippen LogP contribution in [0.15, 0.2) is 36.5 Å². The Hall–Kier alpha value is -2.83. The van der Waals surface area contributed by atoms with Crippen LogP contribution in [-0.2, 0) is 11.2 Å². The largest absolute Gasteiger partial charge is 0.480 e. The molecule has 2 aliphatic heterocycles. The van der Waals surface area contributed by atoms with Crippen LogP contribution in [0.3, 0.4) is 0 Å². The number of fused-ring (bicyclic) bond motifs is 1. The van der Waals surface area contributed by atoms with Crippen molar-refractivity contribution in [2.75, 3.05) is 50.1 Å². The van der Waals surface area contributed by atoms with Gasteiger partial charge in [0, 0.05) is 46.3 Å². The molecule has 1 saturated heterocycles. The lowest BCUT2D eigenvalue weighted by Crippen LogP contribution is -2.53. The number of ether oxygens (including phenoxy) is 1. The first-order chi connectivity index (χ1) is 13.1. The summed E-state index contributed by atoms with van der Waals surface area (Å²) >= 11 is 0. The standard InChI is InChI=1S/C20H25N5O2/c1-23(2)16-13-19(22-21-14-16)24-9-11-25(12-10-24)20(26)18-8-7-15-5-3-4-6-17(15)27-18/h3-6,13-14,18H,7-12H2,1-2H3. The Morgan fingerprint density at radius 2 is 1.96 bits per heavy atom. The number of nitrogens with zero attached hydrogens (tertiary/aromatic N) is 5. The molecule has 4 rings (SSSR count). The number of rotatable bonds is 3. The first kappa shape index (κ1) is 17.6. The van der Waals surface area contributed by atoms with Gasteiger partial charge in [0.15, 0.2) is 11.9 Å². The maximum atomic E-state index is 12.9. The minimum atomic E-state index is -0.372. The number of benzene rings is 1. The molecule has 0 bridgehead atoms. The second-order valence-corrected chi connectivity index (χ2v) is 7.23. The van der Waals surface area contributed by atoms with Gasteiger partial charge in [-0.1, -0.05) is 18.2 Å². The number of para-hydroxylation sites is 1. The topological polar surface area (TPSA) is 61.8 Å². The number of carbonyl (C=O) groups excluding carboxylic acids is 1. The first-order valence-corrected chi connectivity index (χ1v) is 9.40. The van der Waals surface area contributed by atoms with E-state index in [1.807, 2.05) is 48.2 Å². The molecule has 142 valence electrons. The van der Waals surface area contributed by atoms with Gasteiger partial charge >= 0.3 is 0 Å². The smallest absolute Gasteiger partial charge is 0.263 e. The molecule has 7 heteroatoms. The van der Waals surface area contributed by atoms with Crippen LogP contribution < -0.4 is 14.5 Å². The van der Waals surface area contributed by atoms with E-state index in [0.717, 1.165) is 43.2 Å². The van der Waals surface area contributed by atoms with Crippen LogP contribution in [0.1, 0.15) is 12.0 Å². The third kappa shape index (κ3) is 3.67. The first-order valence-electron chi connectivity index (χ1n) is 9.40. The van der Waals surface area contributed by atoms with Gasteiger partial charge in [0.2, 0.25) is 0 Å². The van der Waals surface area contributed by atoms with Crippen molar-refractivity contribution in [2.45, 2.75) is 18.9 Å². The summed E-state index contributed by atoms with van der Waals surface area (Å²) in [4.78, 5) is 19.0. The van der Waals surface area contributed by atoms with E-state index >= 15 is 0 Å². The molecule has 2 aromatic rings. The lowest BCUT2D eigenvalue weighted by molar-refractivity contribution is -0.139. The molecule has 0 spiro atoms. The van der Waals surface area contributed by atoms with E-state index in [1.165, 1.54) is 5.56 Å². The van der Waals surface area contributed by atoms with Crippen LogP contribution in [0.25, 0.3) is 0 Å². The second-order valence-electron chi connectivity index (χ2n) is 7.23. The summed E-state index contributed by atoms with van der Waals surface area (Å²) in [5.41, 5.74) is 2.21. The third-order valence-electron chi connectivity index (χ3n) is 5.25. The van der Waals surface area contributed by atoms with Crippen LogP contribution in [0.4, 0.5) is 11.5 Å². The summed E-state index contributed by atoms with van der Waals surface area (Å²) in [6, 6.07) is 10.0. The van der Waals surface area contributed by atoms with Crippen molar-refractivity contribution in [2.24, 2.45) is 0 Å². The third-order valence-corrected chi connectivity index (χ3v) is 5.25. The van der Waals surface area contributed by atoms with Gasteiger partial charge in [-0.15, -0.1) is 5.10 Å². The highest BCUT2D eigenvalue weighted by Gasteiger charge is 2.31. The van der Waals surface area contributed by atoms with Gasteiger partial charge in [-0.2, -0.15) is 5.10 Å². The Morgan fingerprint density at radius 1 is 1.19 bits per heavy atom. The van der Waals surface area contributed by atoms with Crippen molar-refractivity contribution in [1.82, 2.24) is 15.1 Å². The fourth-order valence-electron chi connectivity index (χ4n) is 3.60. The van der Waals surface area contributed by atoms with Crippen molar-refractivity contribution < 1.29 is 9.53 Å². The molecular weight excluding hydrogens is 342 g/mol.